The van der Waals surface area contributed by atoms with Crippen LogP contribution in [-0.4, -0.2) is 34.3 Å². The van der Waals surface area contributed by atoms with Gasteiger partial charge in [0.25, 0.3) is 0 Å². The van der Waals surface area contributed by atoms with Crippen LogP contribution in [0, 0.1) is 0 Å². The Morgan fingerprint density at radius 3 is 2.79 bits per heavy atom. The lowest BCUT2D eigenvalue weighted by Gasteiger charge is -2.13. The van der Waals surface area contributed by atoms with E-state index in [0.717, 1.165) is 34.1 Å². The molecule has 24 heavy (non-hydrogen) atoms. The average molecular weight is 336 g/mol. The van der Waals surface area contributed by atoms with Crippen molar-refractivity contribution < 1.29 is 0 Å². The number of nitrogens with zero attached hydrogens (tertiary/aromatic N) is 5. The summed E-state index contributed by atoms with van der Waals surface area (Å²) in [4.78, 5) is 11.0. The number of allylic oxidation sites excluding steroid dienone is 1. The van der Waals surface area contributed by atoms with E-state index < -0.39 is 0 Å². The fourth-order valence-electron chi connectivity index (χ4n) is 2.75. The van der Waals surface area contributed by atoms with Crippen LogP contribution in [0.1, 0.15) is 16.8 Å². The Labute approximate surface area is 143 Å². The van der Waals surface area contributed by atoms with Crippen LogP contribution in [0.2, 0.25) is 0 Å². The van der Waals surface area contributed by atoms with E-state index in [2.05, 4.69) is 39.5 Å². The molecule has 1 aliphatic carbocycles. The zero-order valence-corrected chi connectivity index (χ0v) is 14.2. The Bertz CT molecular complexity index is 944. The first-order chi connectivity index (χ1) is 11.6. The number of nitrogen functional groups attached to an aromatic ring is 1. The molecular weight excluding hydrogens is 320 g/mol. The maximum absolute atomic E-state index is 5.70. The lowest BCUT2D eigenvalue weighted by molar-refractivity contribution is 1.03. The number of fused-ring (bicyclic) bond motifs is 1. The van der Waals surface area contributed by atoms with Gasteiger partial charge in [0.15, 0.2) is 0 Å². The van der Waals surface area contributed by atoms with Crippen LogP contribution in [0.25, 0.3) is 16.1 Å². The standard InChI is InChI=1S/C17H16N6S/c1-23(2)15-9-19-8-14(20-15)12-6-5-10-3-4-11(7-13(10)12)16-21-22-17(18)24-16/h3-4,6-9H,5H2,1-2H3,(H2,18,22). The molecule has 1 aromatic carbocycles. The molecule has 0 saturated carbocycles. The molecule has 0 bridgehead atoms. The average Bonchev–Trinajstić information content (AvgIpc) is 3.20. The molecule has 3 aromatic rings. The first-order valence-corrected chi connectivity index (χ1v) is 8.36. The van der Waals surface area contributed by atoms with Crippen LogP contribution in [0.3, 0.4) is 0 Å². The van der Waals surface area contributed by atoms with Gasteiger partial charge in [-0.2, -0.15) is 0 Å². The van der Waals surface area contributed by atoms with Crippen molar-refractivity contribution in [3.05, 3.63) is 53.5 Å². The predicted molar refractivity (Wildman–Crippen MR) is 96.9 cm³/mol. The third-order valence-electron chi connectivity index (χ3n) is 3.97. The lowest BCUT2D eigenvalue weighted by Crippen LogP contribution is -2.11. The molecule has 4 rings (SSSR count). The third-order valence-corrected chi connectivity index (χ3v) is 4.77. The number of anilines is 2. The third kappa shape index (κ3) is 2.52. The topological polar surface area (TPSA) is 80.8 Å². The van der Waals surface area contributed by atoms with Crippen molar-refractivity contribution >= 4 is 27.9 Å². The van der Waals surface area contributed by atoms with Gasteiger partial charge in [0.05, 0.1) is 18.1 Å². The quantitative estimate of drug-likeness (QED) is 0.792. The summed E-state index contributed by atoms with van der Waals surface area (Å²) in [6.07, 6.45) is 6.67. The maximum atomic E-state index is 5.70. The van der Waals surface area contributed by atoms with Gasteiger partial charge in [0.1, 0.15) is 10.8 Å². The Morgan fingerprint density at radius 2 is 2.04 bits per heavy atom. The van der Waals surface area contributed by atoms with Gasteiger partial charge in [-0.1, -0.05) is 29.5 Å². The minimum Gasteiger partial charge on any atom is -0.374 e. The molecule has 0 spiro atoms. The monoisotopic (exact) mass is 336 g/mol. The van der Waals surface area contributed by atoms with Crippen molar-refractivity contribution in [2.75, 3.05) is 24.7 Å². The van der Waals surface area contributed by atoms with Crippen LogP contribution >= 0.6 is 11.3 Å². The van der Waals surface area contributed by atoms with Gasteiger partial charge in [-0.05, 0) is 23.6 Å². The molecule has 0 saturated heterocycles. The summed E-state index contributed by atoms with van der Waals surface area (Å²) in [7, 11) is 3.92. The maximum Gasteiger partial charge on any atom is 0.203 e. The van der Waals surface area contributed by atoms with Crippen LogP contribution in [-0.2, 0) is 6.42 Å². The molecule has 120 valence electrons. The first kappa shape index (κ1) is 14.8. The number of nitrogens with two attached hydrogens (primary N) is 1. The van der Waals surface area contributed by atoms with E-state index >= 15 is 0 Å². The van der Waals surface area contributed by atoms with E-state index in [9.17, 15) is 0 Å². The molecule has 1 aliphatic rings. The molecule has 2 aromatic heterocycles. The lowest BCUT2D eigenvalue weighted by atomic mass is 10.0. The van der Waals surface area contributed by atoms with Gasteiger partial charge >= 0.3 is 0 Å². The van der Waals surface area contributed by atoms with Crippen molar-refractivity contribution in [2.45, 2.75) is 6.42 Å². The summed E-state index contributed by atoms with van der Waals surface area (Å²) in [5.74, 6) is 0.843. The molecule has 0 unspecified atom stereocenters. The predicted octanol–water partition coefficient (Wildman–Crippen LogP) is 2.63. The van der Waals surface area contributed by atoms with Crippen molar-refractivity contribution in [3.63, 3.8) is 0 Å². The van der Waals surface area contributed by atoms with Gasteiger partial charge in [-0.25, -0.2) is 4.98 Å². The highest BCUT2D eigenvalue weighted by Crippen LogP contribution is 2.36. The summed E-state index contributed by atoms with van der Waals surface area (Å²) in [6, 6.07) is 6.34. The Kier molecular flexibility index (Phi) is 3.50. The second-order valence-corrected chi connectivity index (χ2v) is 6.81. The molecule has 0 atom stereocenters. The van der Waals surface area contributed by atoms with E-state index in [1.54, 1.807) is 6.20 Å². The summed E-state index contributed by atoms with van der Waals surface area (Å²) in [6.45, 7) is 0. The van der Waals surface area contributed by atoms with Crippen LogP contribution < -0.4 is 10.6 Å². The summed E-state index contributed by atoms with van der Waals surface area (Å²) in [5.41, 5.74) is 11.2. The minimum absolute atomic E-state index is 0.478. The van der Waals surface area contributed by atoms with Crippen LogP contribution in [0.5, 0.6) is 0 Å². The molecule has 7 heteroatoms. The van der Waals surface area contributed by atoms with Crippen LogP contribution in [0.15, 0.2) is 36.7 Å². The van der Waals surface area contributed by atoms with Gasteiger partial charge < -0.3 is 10.6 Å². The molecular formula is C17H16N6S. The highest BCUT2D eigenvalue weighted by molar-refractivity contribution is 7.18. The van der Waals surface area contributed by atoms with Crippen LogP contribution in [0.4, 0.5) is 10.9 Å². The normalized spacial score (nSPS) is 12.8. The van der Waals surface area contributed by atoms with Gasteiger partial charge in [-0.15, -0.1) is 10.2 Å². The summed E-state index contributed by atoms with van der Waals surface area (Å²) < 4.78 is 0. The smallest absolute Gasteiger partial charge is 0.203 e. The van der Waals surface area contributed by atoms with Gasteiger partial charge in [-0.3, -0.25) is 4.98 Å². The zero-order valence-electron chi connectivity index (χ0n) is 13.4. The number of rotatable bonds is 3. The second kappa shape index (κ2) is 5.68. The number of hydrogen-bond donors (Lipinski definition) is 1. The van der Waals surface area contributed by atoms with Gasteiger partial charge in [0, 0.05) is 25.2 Å². The van der Waals surface area contributed by atoms with E-state index in [1.807, 2.05) is 25.2 Å². The highest BCUT2D eigenvalue weighted by atomic mass is 32.1. The molecule has 6 nitrogen and oxygen atoms in total. The second-order valence-electron chi connectivity index (χ2n) is 5.80. The number of aromatic nitrogens is 4. The highest BCUT2D eigenvalue weighted by Gasteiger charge is 2.19. The van der Waals surface area contributed by atoms with E-state index in [1.165, 1.54) is 22.5 Å². The first-order valence-electron chi connectivity index (χ1n) is 7.54. The SMILES string of the molecule is CN(C)c1cncc(C2=CCc3ccc(-c4nnc(N)s4)cc32)n1. The van der Waals surface area contributed by atoms with Gasteiger partial charge in [0.2, 0.25) is 5.13 Å². The largest absolute Gasteiger partial charge is 0.374 e. The van der Waals surface area contributed by atoms with E-state index in [-0.39, 0.29) is 0 Å². The molecule has 2 N–H and O–H groups in total. The van der Waals surface area contributed by atoms with Crippen molar-refractivity contribution in [3.8, 4) is 10.6 Å². The molecule has 0 radical (unpaired) electrons. The van der Waals surface area contributed by atoms with E-state index in [0.29, 0.717) is 5.13 Å². The minimum atomic E-state index is 0.478. The van der Waals surface area contributed by atoms with Crippen molar-refractivity contribution in [1.29, 1.82) is 0 Å². The molecule has 0 aliphatic heterocycles. The molecule has 2 heterocycles. The van der Waals surface area contributed by atoms with Crippen molar-refractivity contribution in [2.24, 2.45) is 0 Å². The van der Waals surface area contributed by atoms with E-state index in [4.69, 9.17) is 10.7 Å². The Morgan fingerprint density at radius 1 is 1.17 bits per heavy atom. The Hall–Kier alpha value is -2.80. The fraction of sp³-hybridized carbons (Fsp3) is 0.176. The Balaban J connectivity index is 1.76. The fourth-order valence-corrected chi connectivity index (χ4v) is 3.36. The zero-order chi connectivity index (χ0) is 16.7. The summed E-state index contributed by atoms with van der Waals surface area (Å²) in [5, 5.41) is 9.34. The number of benzene rings is 1. The molecule has 0 fully saturated rings. The summed E-state index contributed by atoms with van der Waals surface area (Å²) >= 11 is 1.39. The molecule has 0 amide bonds. The number of hydrogen-bond acceptors (Lipinski definition) is 7. The van der Waals surface area contributed by atoms with Crippen molar-refractivity contribution in [1.82, 2.24) is 20.2 Å².